The van der Waals surface area contributed by atoms with Gasteiger partial charge in [-0.25, -0.2) is 0 Å². The first-order chi connectivity index (χ1) is 9.52. The van der Waals surface area contributed by atoms with Gasteiger partial charge in [0.05, 0.1) is 5.69 Å². The molecule has 0 radical (unpaired) electrons. The highest BCUT2D eigenvalue weighted by Crippen LogP contribution is 2.26. The second-order valence-corrected chi connectivity index (χ2v) is 5.10. The Morgan fingerprint density at radius 3 is 2.55 bits per heavy atom. The van der Waals surface area contributed by atoms with Gasteiger partial charge in [0.25, 0.3) is 0 Å². The molecular weight excluding hydrogens is 254 g/mol. The summed E-state index contributed by atoms with van der Waals surface area (Å²) >= 11 is 0. The van der Waals surface area contributed by atoms with Gasteiger partial charge in [-0.15, -0.1) is 0 Å². The number of amides is 2. The normalized spacial score (nSPS) is 16.1. The van der Waals surface area contributed by atoms with E-state index in [4.69, 9.17) is 5.11 Å². The summed E-state index contributed by atoms with van der Waals surface area (Å²) in [7, 11) is 0. The monoisotopic (exact) mass is 271 g/mol. The van der Waals surface area contributed by atoms with E-state index in [0.29, 0.717) is 18.5 Å². The lowest BCUT2D eigenvalue weighted by atomic mass is 9.96. The van der Waals surface area contributed by atoms with Gasteiger partial charge in [0.15, 0.2) is 0 Å². The fraction of sp³-hybridized carbons (Fsp3) is 0.375. The predicted octanol–water partition coefficient (Wildman–Crippen LogP) is 1.63. The molecule has 4 nitrogen and oxygen atoms in total. The lowest BCUT2D eigenvalue weighted by molar-refractivity contribution is -0.130. The van der Waals surface area contributed by atoms with Crippen LogP contribution in [0.5, 0.6) is 0 Å². The zero-order valence-electron chi connectivity index (χ0n) is 11.6. The average molecular weight is 271 g/mol. The molecule has 4 heteroatoms. The fourth-order valence-corrected chi connectivity index (χ4v) is 2.30. The van der Waals surface area contributed by atoms with Gasteiger partial charge < -0.3 is 5.11 Å². The number of aliphatic hydroxyl groups excluding tert-OH is 1. The number of carbonyl (C=O) groups excluding carboxylic acids is 2. The van der Waals surface area contributed by atoms with Crippen molar-refractivity contribution in [2.45, 2.75) is 26.7 Å². The van der Waals surface area contributed by atoms with Crippen molar-refractivity contribution in [3.05, 3.63) is 29.3 Å². The van der Waals surface area contributed by atoms with Crippen LogP contribution in [0.4, 0.5) is 5.69 Å². The van der Waals surface area contributed by atoms with E-state index in [1.807, 2.05) is 19.9 Å². The number of anilines is 1. The van der Waals surface area contributed by atoms with E-state index in [1.54, 1.807) is 12.1 Å². The minimum absolute atomic E-state index is 0.102. The van der Waals surface area contributed by atoms with Crippen LogP contribution in [0, 0.1) is 24.7 Å². The summed E-state index contributed by atoms with van der Waals surface area (Å²) in [6.07, 6.45) is 0.772. The van der Waals surface area contributed by atoms with Crippen molar-refractivity contribution in [2.75, 3.05) is 11.5 Å². The highest BCUT2D eigenvalue weighted by Gasteiger charge is 2.31. The Balaban J connectivity index is 2.37. The van der Waals surface area contributed by atoms with Crippen LogP contribution in [-0.4, -0.2) is 23.5 Å². The molecule has 1 saturated heterocycles. The van der Waals surface area contributed by atoms with Crippen molar-refractivity contribution in [1.29, 1.82) is 0 Å². The molecule has 1 aromatic carbocycles. The molecule has 1 aromatic rings. The van der Waals surface area contributed by atoms with Crippen LogP contribution < -0.4 is 4.90 Å². The molecule has 2 amide bonds. The van der Waals surface area contributed by atoms with E-state index >= 15 is 0 Å². The number of benzene rings is 1. The van der Waals surface area contributed by atoms with E-state index < -0.39 is 0 Å². The molecule has 1 N–H and O–H groups in total. The molecule has 0 aromatic heterocycles. The molecule has 0 saturated carbocycles. The summed E-state index contributed by atoms with van der Waals surface area (Å²) < 4.78 is 0. The van der Waals surface area contributed by atoms with Crippen LogP contribution in [0.1, 0.15) is 30.9 Å². The first-order valence-corrected chi connectivity index (χ1v) is 6.59. The maximum Gasteiger partial charge on any atom is 0.234 e. The van der Waals surface area contributed by atoms with E-state index in [-0.39, 0.29) is 24.3 Å². The van der Waals surface area contributed by atoms with Gasteiger partial charge >= 0.3 is 0 Å². The Bertz CT molecular complexity index is 592. The fourth-order valence-electron chi connectivity index (χ4n) is 2.30. The van der Waals surface area contributed by atoms with Crippen LogP contribution in [0.15, 0.2) is 18.2 Å². The number of aliphatic hydroxyl groups is 1. The van der Waals surface area contributed by atoms with Gasteiger partial charge in [-0.3, -0.25) is 14.5 Å². The quantitative estimate of drug-likeness (QED) is 0.624. The minimum atomic E-state index is -0.219. The molecule has 1 aliphatic rings. The standard InChI is InChI=1S/C16H17NO3/c1-11-8-15(19)17(16(20)9-11)14-6-5-12(2)13(10-14)4-3-7-18/h5-6,10-11,18H,7-9H2,1-2H3. The van der Waals surface area contributed by atoms with Crippen LogP contribution >= 0.6 is 0 Å². The minimum Gasteiger partial charge on any atom is -0.384 e. The number of aryl methyl sites for hydroxylation is 1. The number of hydrogen-bond acceptors (Lipinski definition) is 3. The Labute approximate surface area is 118 Å². The molecule has 0 spiro atoms. The molecule has 104 valence electrons. The van der Waals surface area contributed by atoms with Crippen molar-refractivity contribution < 1.29 is 14.7 Å². The zero-order chi connectivity index (χ0) is 14.7. The largest absolute Gasteiger partial charge is 0.384 e. The zero-order valence-corrected chi connectivity index (χ0v) is 11.6. The van der Waals surface area contributed by atoms with Gasteiger partial charge in [0.2, 0.25) is 11.8 Å². The van der Waals surface area contributed by atoms with Crippen molar-refractivity contribution >= 4 is 17.5 Å². The average Bonchev–Trinajstić information content (AvgIpc) is 2.38. The first-order valence-electron chi connectivity index (χ1n) is 6.59. The molecule has 20 heavy (non-hydrogen) atoms. The Morgan fingerprint density at radius 1 is 1.30 bits per heavy atom. The van der Waals surface area contributed by atoms with Gasteiger partial charge in [-0.05, 0) is 30.5 Å². The number of nitrogens with zero attached hydrogens (tertiary/aromatic N) is 1. The molecule has 1 fully saturated rings. The Kier molecular flexibility index (Phi) is 4.21. The number of rotatable bonds is 1. The van der Waals surface area contributed by atoms with Gasteiger partial charge in [0, 0.05) is 18.4 Å². The van der Waals surface area contributed by atoms with Gasteiger partial charge in [-0.1, -0.05) is 24.8 Å². The van der Waals surface area contributed by atoms with Crippen molar-refractivity contribution in [1.82, 2.24) is 0 Å². The highest BCUT2D eigenvalue weighted by molar-refractivity contribution is 6.16. The second kappa shape index (κ2) is 5.89. The third kappa shape index (κ3) is 2.89. The molecular formula is C16H17NO3. The SMILES string of the molecule is Cc1ccc(N2C(=O)CC(C)CC2=O)cc1C#CCO. The molecule has 1 aliphatic heterocycles. The molecule has 0 aliphatic carbocycles. The molecule has 0 atom stereocenters. The maximum atomic E-state index is 12.1. The second-order valence-electron chi connectivity index (χ2n) is 5.10. The molecule has 1 heterocycles. The van der Waals surface area contributed by atoms with Crippen molar-refractivity contribution in [2.24, 2.45) is 5.92 Å². The lowest BCUT2D eigenvalue weighted by Gasteiger charge is -2.28. The summed E-state index contributed by atoms with van der Waals surface area (Å²) in [6.45, 7) is 3.58. The Morgan fingerprint density at radius 2 is 1.95 bits per heavy atom. The molecule has 0 unspecified atom stereocenters. The predicted molar refractivity (Wildman–Crippen MR) is 76.0 cm³/mol. The number of piperidine rings is 1. The van der Waals surface area contributed by atoms with Crippen molar-refractivity contribution in [3.8, 4) is 11.8 Å². The maximum absolute atomic E-state index is 12.1. The summed E-state index contributed by atoms with van der Waals surface area (Å²) in [5.74, 6) is 5.18. The molecule has 2 rings (SSSR count). The smallest absolute Gasteiger partial charge is 0.234 e. The van der Waals surface area contributed by atoms with Gasteiger partial charge in [-0.2, -0.15) is 0 Å². The lowest BCUT2D eigenvalue weighted by Crippen LogP contribution is -2.42. The van der Waals surface area contributed by atoms with E-state index in [0.717, 1.165) is 11.1 Å². The summed E-state index contributed by atoms with van der Waals surface area (Å²) in [5, 5.41) is 8.76. The summed E-state index contributed by atoms with van der Waals surface area (Å²) in [6, 6.07) is 5.31. The van der Waals surface area contributed by atoms with Crippen LogP contribution in [0.25, 0.3) is 0 Å². The summed E-state index contributed by atoms with van der Waals surface area (Å²) in [4.78, 5) is 25.3. The van der Waals surface area contributed by atoms with E-state index in [9.17, 15) is 9.59 Å². The van der Waals surface area contributed by atoms with Gasteiger partial charge in [0.1, 0.15) is 6.61 Å². The molecule has 0 bridgehead atoms. The first kappa shape index (κ1) is 14.3. The highest BCUT2D eigenvalue weighted by atomic mass is 16.2. The number of carbonyl (C=O) groups is 2. The third-order valence-electron chi connectivity index (χ3n) is 3.33. The topological polar surface area (TPSA) is 57.6 Å². The number of imide groups is 1. The van der Waals surface area contributed by atoms with E-state index in [2.05, 4.69) is 11.8 Å². The third-order valence-corrected chi connectivity index (χ3v) is 3.33. The summed E-state index contributed by atoms with van der Waals surface area (Å²) in [5.41, 5.74) is 2.22. The van der Waals surface area contributed by atoms with Crippen molar-refractivity contribution in [3.63, 3.8) is 0 Å². The Hall–Kier alpha value is -2.12. The van der Waals surface area contributed by atoms with E-state index in [1.165, 1.54) is 4.90 Å². The number of hydrogen-bond donors (Lipinski definition) is 1. The van der Waals surface area contributed by atoms with Crippen LogP contribution in [0.3, 0.4) is 0 Å². The van der Waals surface area contributed by atoms with Crippen LogP contribution in [-0.2, 0) is 9.59 Å². The van der Waals surface area contributed by atoms with Crippen LogP contribution in [0.2, 0.25) is 0 Å².